The molecule has 0 spiro atoms. The van der Waals surface area contributed by atoms with E-state index >= 15 is 0 Å². The molecule has 0 aliphatic heterocycles. The Balaban J connectivity index is 0.997. The minimum Gasteiger partial charge on any atom is -0.309 e. The molecular formula is C54H36N2O2. The summed E-state index contributed by atoms with van der Waals surface area (Å²) in [7, 11) is 0. The minimum absolute atomic E-state index is 0.335. The summed E-state index contributed by atoms with van der Waals surface area (Å²) in [6.07, 6.45) is 0. The molecular weight excluding hydrogens is 709 g/mol. The van der Waals surface area contributed by atoms with Crippen LogP contribution in [0.3, 0.4) is 0 Å². The highest BCUT2D eigenvalue weighted by Gasteiger charge is 2.23. The number of hydrogen-bond donors (Lipinski definition) is 0. The zero-order valence-corrected chi connectivity index (χ0v) is 31.5. The molecule has 0 bridgehead atoms. The van der Waals surface area contributed by atoms with Crippen LogP contribution in [0.5, 0.6) is 0 Å². The van der Waals surface area contributed by atoms with Crippen LogP contribution < -0.4 is 9.80 Å². The number of Topliss-reactive ketones (excluding diaryl/α,β-unsaturated/α-hetero) is 2. The van der Waals surface area contributed by atoms with Crippen molar-refractivity contribution >= 4 is 88.8 Å². The first-order valence-corrected chi connectivity index (χ1v) is 19.4. The van der Waals surface area contributed by atoms with Crippen LogP contribution in [0.2, 0.25) is 0 Å². The molecule has 58 heavy (non-hydrogen) atoms. The van der Waals surface area contributed by atoms with Crippen LogP contribution in [-0.2, 0) is 0 Å². The predicted octanol–water partition coefficient (Wildman–Crippen LogP) is 14.3. The van der Waals surface area contributed by atoms with Crippen LogP contribution in [0.1, 0.15) is 20.7 Å². The van der Waals surface area contributed by atoms with Gasteiger partial charge in [-0.3, -0.25) is 9.59 Å². The third-order valence-electron chi connectivity index (χ3n) is 11.0. The maximum Gasteiger partial charge on any atom is 0.233 e. The molecule has 0 unspecified atom stereocenters. The predicted molar refractivity (Wildman–Crippen MR) is 241 cm³/mol. The molecule has 4 heteroatoms. The summed E-state index contributed by atoms with van der Waals surface area (Å²) in [5.41, 5.74) is 6.50. The first-order chi connectivity index (χ1) is 28.6. The lowest BCUT2D eigenvalue weighted by atomic mass is 9.99. The number of benzene rings is 10. The van der Waals surface area contributed by atoms with Crippen molar-refractivity contribution in [1.29, 1.82) is 0 Å². The molecule has 0 heterocycles. The molecule has 0 atom stereocenters. The van der Waals surface area contributed by atoms with Gasteiger partial charge in [-0.1, -0.05) is 146 Å². The van der Waals surface area contributed by atoms with Crippen LogP contribution in [0.4, 0.5) is 34.1 Å². The van der Waals surface area contributed by atoms with Gasteiger partial charge in [-0.25, -0.2) is 0 Å². The Labute approximate surface area is 336 Å². The topological polar surface area (TPSA) is 40.6 Å². The number of nitrogens with zero attached hydrogens (tertiary/aromatic N) is 2. The maximum atomic E-state index is 13.9. The van der Waals surface area contributed by atoms with Crippen molar-refractivity contribution in [3.63, 3.8) is 0 Å². The Morgan fingerprint density at radius 3 is 0.776 bits per heavy atom. The number of ketones is 2. The fourth-order valence-corrected chi connectivity index (χ4v) is 8.22. The van der Waals surface area contributed by atoms with Gasteiger partial charge in [0.15, 0.2) is 0 Å². The van der Waals surface area contributed by atoms with E-state index in [1.165, 1.54) is 0 Å². The summed E-state index contributed by atoms with van der Waals surface area (Å²) in [5, 5.41) is 8.95. The first-order valence-electron chi connectivity index (χ1n) is 19.4. The lowest BCUT2D eigenvalue weighted by Gasteiger charge is -2.28. The van der Waals surface area contributed by atoms with Gasteiger partial charge in [-0.15, -0.1) is 0 Å². The highest BCUT2D eigenvalue weighted by Crippen LogP contribution is 2.43. The lowest BCUT2D eigenvalue weighted by Crippen LogP contribution is -2.16. The van der Waals surface area contributed by atoms with E-state index in [-0.39, 0.29) is 0 Å². The summed E-state index contributed by atoms with van der Waals surface area (Å²) in [4.78, 5) is 32.3. The van der Waals surface area contributed by atoms with Gasteiger partial charge in [0.05, 0.1) is 22.7 Å². The summed E-state index contributed by atoms with van der Waals surface area (Å²) in [6, 6.07) is 73.4. The third-order valence-corrected chi connectivity index (χ3v) is 11.0. The third kappa shape index (κ3) is 6.14. The van der Waals surface area contributed by atoms with E-state index in [0.29, 0.717) is 11.1 Å². The van der Waals surface area contributed by atoms with Crippen molar-refractivity contribution in [2.75, 3.05) is 9.80 Å². The first kappa shape index (κ1) is 34.7. The van der Waals surface area contributed by atoms with Crippen LogP contribution in [0.25, 0.3) is 43.1 Å². The monoisotopic (exact) mass is 744 g/mol. The zero-order chi connectivity index (χ0) is 39.0. The molecule has 0 saturated heterocycles. The van der Waals surface area contributed by atoms with Crippen molar-refractivity contribution in [3.05, 3.63) is 230 Å². The summed E-state index contributed by atoms with van der Waals surface area (Å²) in [5.74, 6) is -1.11. The van der Waals surface area contributed by atoms with E-state index < -0.39 is 11.6 Å². The Kier molecular flexibility index (Phi) is 8.77. The molecule has 10 aromatic rings. The minimum atomic E-state index is -0.555. The van der Waals surface area contributed by atoms with Gasteiger partial charge < -0.3 is 9.80 Å². The smallest absolute Gasteiger partial charge is 0.233 e. The molecule has 10 aromatic carbocycles. The highest BCUT2D eigenvalue weighted by molar-refractivity contribution is 6.49. The summed E-state index contributed by atoms with van der Waals surface area (Å²) >= 11 is 0. The Morgan fingerprint density at radius 1 is 0.259 bits per heavy atom. The number of hydrogen-bond acceptors (Lipinski definition) is 4. The van der Waals surface area contributed by atoms with Crippen LogP contribution in [-0.4, -0.2) is 11.6 Å². The van der Waals surface area contributed by atoms with Crippen molar-refractivity contribution in [2.45, 2.75) is 0 Å². The molecule has 0 N–H and O–H groups in total. The van der Waals surface area contributed by atoms with E-state index in [9.17, 15) is 9.59 Å². The standard InChI is InChI=1S/C54H36N2O2/c57-53(41-29-33-43(34-30-41)55(49-25-9-17-37-13-1-5-21-45(37)49)50-26-10-18-38-14-2-6-22-46(38)50)54(58)42-31-35-44(36-32-42)56(51-27-11-19-39-15-3-7-23-47(39)51)52-28-12-20-40-16-4-8-24-48(40)52/h1-36H. The molecule has 0 aromatic heterocycles. The Morgan fingerprint density at radius 2 is 0.500 bits per heavy atom. The number of fused-ring (bicyclic) bond motifs is 4. The normalized spacial score (nSPS) is 11.2. The molecule has 0 aliphatic carbocycles. The van der Waals surface area contributed by atoms with Crippen molar-refractivity contribution in [2.24, 2.45) is 0 Å². The van der Waals surface area contributed by atoms with Gasteiger partial charge in [0.1, 0.15) is 0 Å². The van der Waals surface area contributed by atoms with Gasteiger partial charge in [0, 0.05) is 44.0 Å². The Hall–Kier alpha value is -7.82. The van der Waals surface area contributed by atoms with Crippen LogP contribution in [0.15, 0.2) is 218 Å². The maximum absolute atomic E-state index is 13.9. The van der Waals surface area contributed by atoms with E-state index in [2.05, 4.69) is 155 Å². The van der Waals surface area contributed by atoms with E-state index in [4.69, 9.17) is 0 Å². The molecule has 274 valence electrons. The van der Waals surface area contributed by atoms with Crippen molar-refractivity contribution in [1.82, 2.24) is 0 Å². The Bertz CT molecular complexity index is 2770. The highest BCUT2D eigenvalue weighted by atomic mass is 16.2. The zero-order valence-electron chi connectivity index (χ0n) is 31.5. The van der Waals surface area contributed by atoms with Crippen LogP contribution >= 0.6 is 0 Å². The quantitative estimate of drug-likeness (QED) is 0.109. The van der Waals surface area contributed by atoms with Gasteiger partial charge in [0.25, 0.3) is 0 Å². The second-order valence-electron chi connectivity index (χ2n) is 14.4. The van der Waals surface area contributed by atoms with Gasteiger partial charge in [-0.2, -0.15) is 0 Å². The van der Waals surface area contributed by atoms with E-state index in [1.807, 2.05) is 48.5 Å². The average molecular weight is 745 g/mol. The molecule has 0 radical (unpaired) electrons. The van der Waals surface area contributed by atoms with Gasteiger partial charge in [-0.05, 0) is 94.3 Å². The van der Waals surface area contributed by atoms with Gasteiger partial charge >= 0.3 is 0 Å². The summed E-state index contributed by atoms with van der Waals surface area (Å²) < 4.78 is 0. The van der Waals surface area contributed by atoms with Crippen molar-refractivity contribution in [3.8, 4) is 0 Å². The number of rotatable bonds is 9. The fourth-order valence-electron chi connectivity index (χ4n) is 8.22. The molecule has 0 amide bonds. The number of carbonyl (C=O) groups is 2. The average Bonchev–Trinajstić information content (AvgIpc) is 3.29. The SMILES string of the molecule is O=C(C(=O)c1ccc(N(c2cccc3ccccc23)c2cccc3ccccc23)cc1)c1ccc(N(c2cccc3ccccc23)c2cccc3ccccc23)cc1. The fraction of sp³-hybridized carbons (Fsp3) is 0. The largest absolute Gasteiger partial charge is 0.309 e. The van der Waals surface area contributed by atoms with E-state index in [1.54, 1.807) is 24.3 Å². The second-order valence-corrected chi connectivity index (χ2v) is 14.4. The van der Waals surface area contributed by atoms with Crippen molar-refractivity contribution < 1.29 is 9.59 Å². The molecule has 10 rings (SSSR count). The van der Waals surface area contributed by atoms with Gasteiger partial charge in [0.2, 0.25) is 11.6 Å². The molecule has 4 nitrogen and oxygen atoms in total. The molecule has 0 fully saturated rings. The molecule has 0 saturated carbocycles. The summed E-state index contributed by atoms with van der Waals surface area (Å²) in [6.45, 7) is 0. The number of anilines is 6. The van der Waals surface area contributed by atoms with Crippen LogP contribution in [0, 0.1) is 0 Å². The van der Waals surface area contributed by atoms with E-state index in [0.717, 1.165) is 77.2 Å². The second kappa shape index (κ2) is 14.7. The molecule has 0 aliphatic rings. The number of carbonyl (C=O) groups excluding carboxylic acids is 2. The lowest BCUT2D eigenvalue weighted by molar-refractivity contribution is 0.0817.